The SMILES string of the molecule is CNC(C)(C#N)CC(C)Sc1ccccc1OC. The second kappa shape index (κ2) is 6.67. The van der Waals surface area contributed by atoms with Crippen LogP contribution in [-0.2, 0) is 0 Å². The van der Waals surface area contributed by atoms with Crippen molar-refractivity contribution in [2.75, 3.05) is 14.2 Å². The maximum absolute atomic E-state index is 9.15. The van der Waals surface area contributed by atoms with Gasteiger partial charge in [-0.1, -0.05) is 19.1 Å². The lowest BCUT2D eigenvalue weighted by molar-refractivity contribution is 0.404. The van der Waals surface area contributed by atoms with Crippen LogP contribution in [0.4, 0.5) is 0 Å². The van der Waals surface area contributed by atoms with E-state index >= 15 is 0 Å². The maximum atomic E-state index is 9.15. The van der Waals surface area contributed by atoms with Gasteiger partial charge in [0.1, 0.15) is 11.3 Å². The summed E-state index contributed by atoms with van der Waals surface area (Å²) in [6.07, 6.45) is 0.780. The van der Waals surface area contributed by atoms with E-state index in [4.69, 9.17) is 10.00 Å². The molecule has 0 aliphatic rings. The first-order chi connectivity index (χ1) is 8.54. The van der Waals surface area contributed by atoms with Crippen LogP contribution in [-0.4, -0.2) is 24.9 Å². The fraction of sp³-hybridized carbons (Fsp3) is 0.500. The fourth-order valence-corrected chi connectivity index (χ4v) is 3.03. The molecule has 18 heavy (non-hydrogen) atoms. The zero-order valence-electron chi connectivity index (χ0n) is 11.4. The van der Waals surface area contributed by atoms with Crippen molar-refractivity contribution in [1.29, 1.82) is 5.26 Å². The summed E-state index contributed by atoms with van der Waals surface area (Å²) >= 11 is 1.74. The van der Waals surface area contributed by atoms with Gasteiger partial charge in [0.15, 0.2) is 0 Å². The lowest BCUT2D eigenvalue weighted by Crippen LogP contribution is -2.40. The monoisotopic (exact) mass is 264 g/mol. The minimum Gasteiger partial charge on any atom is -0.496 e. The second-order valence-corrected chi connectivity index (χ2v) is 5.96. The molecule has 1 aromatic rings. The summed E-state index contributed by atoms with van der Waals surface area (Å²) in [4.78, 5) is 1.11. The largest absolute Gasteiger partial charge is 0.496 e. The Morgan fingerprint density at radius 3 is 2.72 bits per heavy atom. The molecule has 2 atom stereocenters. The van der Waals surface area contributed by atoms with Gasteiger partial charge in [-0.15, -0.1) is 11.8 Å². The molecule has 3 nitrogen and oxygen atoms in total. The van der Waals surface area contributed by atoms with E-state index in [0.29, 0.717) is 5.25 Å². The Bertz CT molecular complexity index is 430. The van der Waals surface area contributed by atoms with Gasteiger partial charge in [0.2, 0.25) is 0 Å². The highest BCUT2D eigenvalue weighted by atomic mass is 32.2. The number of hydrogen-bond acceptors (Lipinski definition) is 4. The lowest BCUT2D eigenvalue weighted by Gasteiger charge is -2.24. The van der Waals surface area contributed by atoms with Crippen LogP contribution in [0, 0.1) is 11.3 Å². The highest BCUT2D eigenvalue weighted by Gasteiger charge is 2.25. The average molecular weight is 264 g/mol. The van der Waals surface area contributed by atoms with Gasteiger partial charge >= 0.3 is 0 Å². The summed E-state index contributed by atoms with van der Waals surface area (Å²) in [5.41, 5.74) is -0.478. The van der Waals surface area contributed by atoms with Crippen LogP contribution in [0.5, 0.6) is 5.75 Å². The van der Waals surface area contributed by atoms with E-state index in [1.54, 1.807) is 18.9 Å². The third-order valence-corrected chi connectivity index (χ3v) is 4.05. The van der Waals surface area contributed by atoms with Crippen molar-refractivity contribution in [3.05, 3.63) is 24.3 Å². The number of hydrogen-bond donors (Lipinski definition) is 1. The molecule has 98 valence electrons. The van der Waals surface area contributed by atoms with Crippen molar-refractivity contribution in [3.63, 3.8) is 0 Å². The molecule has 0 saturated carbocycles. The smallest absolute Gasteiger partial charge is 0.132 e. The molecule has 0 aromatic heterocycles. The zero-order valence-corrected chi connectivity index (χ0v) is 12.2. The Kier molecular flexibility index (Phi) is 5.52. The number of nitrogens with one attached hydrogen (secondary N) is 1. The van der Waals surface area contributed by atoms with E-state index in [1.807, 2.05) is 38.2 Å². The fourth-order valence-electron chi connectivity index (χ4n) is 1.75. The summed E-state index contributed by atoms with van der Waals surface area (Å²) in [6, 6.07) is 10.3. The van der Waals surface area contributed by atoms with E-state index < -0.39 is 5.54 Å². The second-order valence-electron chi connectivity index (χ2n) is 4.48. The molecule has 0 spiro atoms. The van der Waals surface area contributed by atoms with Crippen molar-refractivity contribution in [2.45, 2.75) is 36.0 Å². The average Bonchev–Trinajstić information content (AvgIpc) is 2.39. The van der Waals surface area contributed by atoms with Crippen molar-refractivity contribution in [1.82, 2.24) is 5.32 Å². The van der Waals surface area contributed by atoms with Crippen LogP contribution in [0.15, 0.2) is 29.2 Å². The van der Waals surface area contributed by atoms with Gasteiger partial charge in [0, 0.05) is 10.1 Å². The van der Waals surface area contributed by atoms with Crippen LogP contribution in [0.2, 0.25) is 0 Å². The number of thioether (sulfide) groups is 1. The third kappa shape index (κ3) is 3.94. The predicted octanol–water partition coefficient (Wildman–Crippen LogP) is 3.07. The summed E-state index contributed by atoms with van der Waals surface area (Å²) < 4.78 is 5.33. The van der Waals surface area contributed by atoms with E-state index in [-0.39, 0.29) is 0 Å². The molecule has 0 aliphatic heterocycles. The maximum Gasteiger partial charge on any atom is 0.132 e. The molecule has 0 fully saturated rings. The molecule has 0 bridgehead atoms. The van der Waals surface area contributed by atoms with Gasteiger partial charge in [-0.3, -0.25) is 0 Å². The van der Waals surface area contributed by atoms with E-state index in [1.165, 1.54) is 0 Å². The standard InChI is InChI=1S/C14H20N2OS/c1-11(9-14(2,10-15)16-3)18-13-8-6-5-7-12(13)17-4/h5-8,11,16H,9H2,1-4H3. The van der Waals surface area contributed by atoms with Gasteiger partial charge in [-0.2, -0.15) is 5.26 Å². The summed E-state index contributed by atoms with van der Waals surface area (Å²) in [5, 5.41) is 12.6. The van der Waals surface area contributed by atoms with E-state index in [0.717, 1.165) is 17.1 Å². The van der Waals surface area contributed by atoms with Gasteiger partial charge in [-0.25, -0.2) is 0 Å². The molecule has 0 heterocycles. The topological polar surface area (TPSA) is 45.0 Å². The number of ether oxygens (including phenoxy) is 1. The number of rotatable bonds is 6. The highest BCUT2D eigenvalue weighted by Crippen LogP contribution is 2.34. The van der Waals surface area contributed by atoms with Crippen molar-refractivity contribution >= 4 is 11.8 Å². The van der Waals surface area contributed by atoms with E-state index in [2.05, 4.69) is 18.3 Å². The molecule has 0 saturated heterocycles. The Morgan fingerprint density at radius 2 is 2.17 bits per heavy atom. The van der Waals surface area contributed by atoms with Crippen LogP contribution in [0.3, 0.4) is 0 Å². The molecule has 0 aliphatic carbocycles. The minimum absolute atomic E-state index is 0.332. The van der Waals surface area contributed by atoms with Crippen molar-refractivity contribution in [3.8, 4) is 11.8 Å². The Labute approximate surface area is 114 Å². The minimum atomic E-state index is -0.478. The molecular weight excluding hydrogens is 244 g/mol. The van der Waals surface area contributed by atoms with Gasteiger partial charge in [-0.05, 0) is 32.5 Å². The Hall–Kier alpha value is -1.18. The Morgan fingerprint density at radius 1 is 1.50 bits per heavy atom. The van der Waals surface area contributed by atoms with Gasteiger partial charge in [0.25, 0.3) is 0 Å². The van der Waals surface area contributed by atoms with Gasteiger partial charge < -0.3 is 10.1 Å². The number of para-hydroxylation sites is 1. The first kappa shape index (κ1) is 14.9. The summed E-state index contributed by atoms with van der Waals surface area (Å²) in [6.45, 7) is 4.05. The summed E-state index contributed by atoms with van der Waals surface area (Å²) in [7, 11) is 3.50. The first-order valence-corrected chi connectivity index (χ1v) is 6.82. The number of methoxy groups -OCH3 is 1. The normalized spacial score (nSPS) is 15.5. The van der Waals surface area contributed by atoms with E-state index in [9.17, 15) is 0 Å². The third-order valence-electron chi connectivity index (χ3n) is 2.89. The van der Waals surface area contributed by atoms with Crippen LogP contribution in [0.25, 0.3) is 0 Å². The quantitative estimate of drug-likeness (QED) is 0.802. The molecule has 1 aromatic carbocycles. The van der Waals surface area contributed by atoms with Crippen LogP contribution >= 0.6 is 11.8 Å². The highest BCUT2D eigenvalue weighted by molar-refractivity contribution is 8.00. The first-order valence-electron chi connectivity index (χ1n) is 5.94. The molecule has 0 radical (unpaired) electrons. The number of nitriles is 1. The molecule has 4 heteroatoms. The van der Waals surface area contributed by atoms with Crippen molar-refractivity contribution < 1.29 is 4.74 Å². The molecular formula is C14H20N2OS. The molecule has 1 N–H and O–H groups in total. The lowest BCUT2D eigenvalue weighted by atomic mass is 9.98. The van der Waals surface area contributed by atoms with Gasteiger partial charge in [0.05, 0.1) is 13.2 Å². The van der Waals surface area contributed by atoms with Crippen molar-refractivity contribution in [2.24, 2.45) is 0 Å². The number of benzene rings is 1. The van der Waals surface area contributed by atoms with Crippen LogP contribution in [0.1, 0.15) is 20.3 Å². The number of nitrogens with zero attached hydrogens (tertiary/aromatic N) is 1. The molecule has 1 rings (SSSR count). The molecule has 0 amide bonds. The van der Waals surface area contributed by atoms with Crippen LogP contribution < -0.4 is 10.1 Å². The predicted molar refractivity (Wildman–Crippen MR) is 76.0 cm³/mol. The summed E-state index contributed by atoms with van der Waals surface area (Å²) in [5.74, 6) is 0.887. The Balaban J connectivity index is 2.71. The molecule has 2 unspecified atom stereocenters. The zero-order chi connectivity index (χ0) is 13.6.